The number of benzene rings is 1. The first-order chi connectivity index (χ1) is 8.13. The van der Waals surface area contributed by atoms with Crippen molar-refractivity contribution < 1.29 is 0 Å². The first kappa shape index (κ1) is 12.2. The van der Waals surface area contributed by atoms with Crippen molar-refractivity contribution in [2.75, 3.05) is 0 Å². The molecule has 0 radical (unpaired) electrons. The Balaban J connectivity index is 2.54. The van der Waals surface area contributed by atoms with Gasteiger partial charge in [-0.15, -0.1) is 0 Å². The maximum absolute atomic E-state index is 8.66. The van der Waals surface area contributed by atoms with Gasteiger partial charge < -0.3 is 0 Å². The van der Waals surface area contributed by atoms with E-state index in [1.165, 1.54) is 0 Å². The van der Waals surface area contributed by atoms with Gasteiger partial charge in [-0.25, -0.2) is 4.98 Å². The molecule has 0 bridgehead atoms. The Morgan fingerprint density at radius 2 is 1.76 bits per heavy atom. The van der Waals surface area contributed by atoms with Crippen LogP contribution >= 0.6 is 34.8 Å². The maximum Gasteiger partial charge on any atom is 0.140 e. The molecular formula is C12H5Cl3N2. The molecule has 17 heavy (non-hydrogen) atoms. The molecule has 0 fully saturated rings. The molecule has 1 heterocycles. The third-order valence-corrected chi connectivity index (χ3v) is 3.52. The maximum atomic E-state index is 8.66. The fourth-order valence-corrected chi connectivity index (χ4v) is 2.01. The standard InChI is InChI=1S/C12H5Cl3N2/c13-10-4-3-9(11(14)12(10)15)7-1-2-8(5-16)17-6-7/h1-4,6H. The fourth-order valence-electron chi connectivity index (χ4n) is 1.37. The molecule has 0 spiro atoms. The van der Waals surface area contributed by atoms with Crippen molar-refractivity contribution in [2.45, 2.75) is 0 Å². The number of halogens is 3. The van der Waals surface area contributed by atoms with Gasteiger partial charge in [0.15, 0.2) is 0 Å². The summed E-state index contributed by atoms with van der Waals surface area (Å²) in [6.45, 7) is 0. The van der Waals surface area contributed by atoms with Crippen molar-refractivity contribution in [3.05, 3.63) is 51.2 Å². The van der Waals surface area contributed by atoms with E-state index in [2.05, 4.69) is 4.98 Å². The highest BCUT2D eigenvalue weighted by Crippen LogP contribution is 2.37. The van der Waals surface area contributed by atoms with Crippen molar-refractivity contribution >= 4 is 34.8 Å². The Bertz CT molecular complexity index is 600. The van der Waals surface area contributed by atoms with Gasteiger partial charge in [0, 0.05) is 17.3 Å². The SMILES string of the molecule is N#Cc1ccc(-c2ccc(Cl)c(Cl)c2Cl)cn1. The average Bonchev–Trinajstić information content (AvgIpc) is 2.36. The van der Waals surface area contributed by atoms with Crippen LogP contribution in [0.1, 0.15) is 5.69 Å². The summed E-state index contributed by atoms with van der Waals surface area (Å²) >= 11 is 17.9. The Kier molecular flexibility index (Phi) is 3.54. The number of aromatic nitrogens is 1. The van der Waals surface area contributed by atoms with E-state index in [9.17, 15) is 0 Å². The summed E-state index contributed by atoms with van der Waals surface area (Å²) in [5.41, 5.74) is 1.87. The number of nitrogens with zero attached hydrogens (tertiary/aromatic N) is 2. The van der Waals surface area contributed by atoms with Gasteiger partial charge in [-0.2, -0.15) is 5.26 Å². The summed E-state index contributed by atoms with van der Waals surface area (Å²) in [5.74, 6) is 0. The topological polar surface area (TPSA) is 36.7 Å². The van der Waals surface area contributed by atoms with Crippen molar-refractivity contribution in [1.82, 2.24) is 4.98 Å². The predicted molar refractivity (Wildman–Crippen MR) is 69.4 cm³/mol. The van der Waals surface area contributed by atoms with E-state index in [4.69, 9.17) is 40.1 Å². The zero-order valence-electron chi connectivity index (χ0n) is 8.42. The second-order valence-electron chi connectivity index (χ2n) is 3.27. The van der Waals surface area contributed by atoms with Crippen LogP contribution in [-0.2, 0) is 0 Å². The average molecular weight is 284 g/mol. The van der Waals surface area contributed by atoms with Crippen molar-refractivity contribution in [3.63, 3.8) is 0 Å². The van der Waals surface area contributed by atoms with Gasteiger partial charge in [0.2, 0.25) is 0 Å². The van der Waals surface area contributed by atoms with Gasteiger partial charge in [-0.05, 0) is 18.2 Å². The lowest BCUT2D eigenvalue weighted by Crippen LogP contribution is -1.85. The molecule has 0 N–H and O–H groups in total. The minimum absolute atomic E-state index is 0.315. The highest BCUT2D eigenvalue weighted by atomic mass is 35.5. The Hall–Kier alpha value is -1.27. The van der Waals surface area contributed by atoms with Crippen LogP contribution in [0.4, 0.5) is 0 Å². The van der Waals surface area contributed by atoms with Crippen LogP contribution in [0, 0.1) is 11.3 Å². The lowest BCUT2D eigenvalue weighted by atomic mass is 10.1. The molecule has 0 aliphatic heterocycles. The molecule has 0 saturated carbocycles. The van der Waals surface area contributed by atoms with Crippen LogP contribution in [0.3, 0.4) is 0 Å². The monoisotopic (exact) mass is 282 g/mol. The van der Waals surface area contributed by atoms with E-state index < -0.39 is 0 Å². The van der Waals surface area contributed by atoms with Crippen LogP contribution in [0.5, 0.6) is 0 Å². The fraction of sp³-hybridized carbons (Fsp3) is 0. The summed E-state index contributed by atoms with van der Waals surface area (Å²) in [5, 5.41) is 9.76. The molecule has 84 valence electrons. The second kappa shape index (κ2) is 4.93. The van der Waals surface area contributed by atoms with Gasteiger partial charge in [0.25, 0.3) is 0 Å². The minimum Gasteiger partial charge on any atom is -0.245 e. The van der Waals surface area contributed by atoms with E-state index in [0.29, 0.717) is 20.8 Å². The Labute approximate surface area is 113 Å². The molecule has 2 aromatic rings. The zero-order valence-corrected chi connectivity index (χ0v) is 10.7. The zero-order chi connectivity index (χ0) is 12.4. The van der Waals surface area contributed by atoms with Crippen molar-refractivity contribution in [1.29, 1.82) is 5.26 Å². The molecule has 0 aliphatic carbocycles. The van der Waals surface area contributed by atoms with Gasteiger partial charge in [0.1, 0.15) is 11.8 Å². The normalized spacial score (nSPS) is 10.0. The molecule has 1 aromatic carbocycles. The van der Waals surface area contributed by atoms with Crippen LogP contribution in [-0.4, -0.2) is 4.98 Å². The lowest BCUT2D eigenvalue weighted by Gasteiger charge is -2.06. The summed E-state index contributed by atoms with van der Waals surface area (Å²) in [6, 6.07) is 8.76. The van der Waals surface area contributed by atoms with Crippen molar-refractivity contribution in [3.8, 4) is 17.2 Å². The van der Waals surface area contributed by atoms with Crippen molar-refractivity contribution in [2.24, 2.45) is 0 Å². The van der Waals surface area contributed by atoms with E-state index in [0.717, 1.165) is 11.1 Å². The Morgan fingerprint density at radius 1 is 1.00 bits per heavy atom. The van der Waals surface area contributed by atoms with Gasteiger partial charge in [-0.1, -0.05) is 40.9 Å². The molecule has 0 saturated heterocycles. The van der Waals surface area contributed by atoms with Gasteiger partial charge in [0.05, 0.1) is 15.1 Å². The van der Waals surface area contributed by atoms with E-state index in [1.54, 1.807) is 30.5 Å². The molecule has 2 rings (SSSR count). The third kappa shape index (κ3) is 2.37. The number of rotatable bonds is 1. The molecule has 0 aliphatic rings. The highest BCUT2D eigenvalue weighted by Gasteiger charge is 2.10. The first-order valence-corrected chi connectivity index (χ1v) is 5.77. The molecule has 1 aromatic heterocycles. The summed E-state index contributed by atoms with van der Waals surface area (Å²) in [6.07, 6.45) is 1.57. The Morgan fingerprint density at radius 3 is 2.35 bits per heavy atom. The molecule has 0 amide bonds. The molecular weight excluding hydrogens is 279 g/mol. The van der Waals surface area contributed by atoms with Crippen LogP contribution < -0.4 is 0 Å². The largest absolute Gasteiger partial charge is 0.245 e. The summed E-state index contributed by atoms with van der Waals surface area (Å²) in [4.78, 5) is 3.97. The van der Waals surface area contributed by atoms with Crippen LogP contribution in [0.2, 0.25) is 15.1 Å². The smallest absolute Gasteiger partial charge is 0.140 e. The van der Waals surface area contributed by atoms with Crippen LogP contribution in [0.25, 0.3) is 11.1 Å². The van der Waals surface area contributed by atoms with Gasteiger partial charge >= 0.3 is 0 Å². The summed E-state index contributed by atoms with van der Waals surface area (Å²) < 4.78 is 0. The first-order valence-electron chi connectivity index (χ1n) is 4.63. The number of nitriles is 1. The van der Waals surface area contributed by atoms with Crippen LogP contribution in [0.15, 0.2) is 30.5 Å². The van der Waals surface area contributed by atoms with E-state index >= 15 is 0 Å². The molecule has 0 unspecified atom stereocenters. The second-order valence-corrected chi connectivity index (χ2v) is 4.43. The highest BCUT2D eigenvalue weighted by molar-refractivity contribution is 6.49. The lowest BCUT2D eigenvalue weighted by molar-refractivity contribution is 1.26. The third-order valence-electron chi connectivity index (χ3n) is 2.22. The number of hydrogen-bond donors (Lipinski definition) is 0. The molecule has 5 heteroatoms. The van der Waals surface area contributed by atoms with Gasteiger partial charge in [-0.3, -0.25) is 0 Å². The molecule has 0 atom stereocenters. The quantitative estimate of drug-likeness (QED) is 0.718. The van der Waals surface area contributed by atoms with E-state index in [-0.39, 0.29) is 0 Å². The predicted octanol–water partition coefficient (Wildman–Crippen LogP) is 4.58. The molecule has 2 nitrogen and oxygen atoms in total. The van der Waals surface area contributed by atoms with E-state index in [1.807, 2.05) is 6.07 Å². The summed E-state index contributed by atoms with van der Waals surface area (Å²) in [7, 11) is 0. The minimum atomic E-state index is 0.315. The number of hydrogen-bond acceptors (Lipinski definition) is 2. The number of pyridine rings is 1.